The Morgan fingerprint density at radius 3 is 2.13 bits per heavy atom. The maximum Gasteiger partial charge on any atom is 0.307 e. The molecule has 2 amide bonds. The summed E-state index contributed by atoms with van der Waals surface area (Å²) in [6.07, 6.45) is -0.133. The first-order valence-corrected chi connectivity index (χ1v) is 20.7. The summed E-state index contributed by atoms with van der Waals surface area (Å²) in [5.74, 6) is -9.91. The molecule has 6 heterocycles. The summed E-state index contributed by atoms with van der Waals surface area (Å²) >= 11 is 0. The number of carboxylic acids is 5. The second kappa shape index (κ2) is 15.9. The predicted octanol–water partition coefficient (Wildman–Crippen LogP) is 1.73. The van der Waals surface area contributed by atoms with Gasteiger partial charge in [0.05, 0.1) is 35.8 Å². The molecular weight excluding hydrogens is 796 g/mol. The fourth-order valence-electron chi connectivity index (χ4n) is 11.9. The number of amides is 2. The summed E-state index contributed by atoms with van der Waals surface area (Å²) in [7, 11) is 0. The molecule has 5 aliphatic heterocycles. The summed E-state index contributed by atoms with van der Waals surface area (Å²) < 4.78 is 0. The van der Waals surface area contributed by atoms with Gasteiger partial charge in [-0.25, -0.2) is 0 Å². The molecule has 1 aliphatic carbocycles. The van der Waals surface area contributed by atoms with Crippen molar-refractivity contribution >= 4 is 58.7 Å². The number of rotatable bonds is 15. The Hall–Kier alpha value is -5.85. The van der Waals surface area contributed by atoms with Gasteiger partial charge in [0.25, 0.3) is 0 Å². The van der Waals surface area contributed by atoms with Gasteiger partial charge in [-0.05, 0) is 54.7 Å². The molecule has 9 unspecified atom stereocenters. The number of carbonyl (C=O) groups is 8. The van der Waals surface area contributed by atoms with Gasteiger partial charge < -0.3 is 46.9 Å². The van der Waals surface area contributed by atoms with Crippen LogP contribution in [0.25, 0.3) is 5.57 Å². The first kappa shape index (κ1) is 43.2. The van der Waals surface area contributed by atoms with Gasteiger partial charge >= 0.3 is 29.8 Å². The maximum absolute atomic E-state index is 14.2. The van der Waals surface area contributed by atoms with Crippen LogP contribution in [0.3, 0.4) is 0 Å². The van der Waals surface area contributed by atoms with Crippen molar-refractivity contribution in [2.45, 2.75) is 121 Å². The third kappa shape index (κ3) is 7.72. The Kier molecular flexibility index (Phi) is 11.3. The van der Waals surface area contributed by atoms with Crippen LogP contribution in [0, 0.1) is 34.5 Å². The van der Waals surface area contributed by atoms with Gasteiger partial charge in [-0.15, -0.1) is 0 Å². The van der Waals surface area contributed by atoms with E-state index in [9.17, 15) is 63.9 Å². The fraction of sp³-hybridized carbons (Fsp3) is 0.595. The standard InChI is InChI=1S/C42H52N6O13/c1-40(16-30(43)50)22(5-9-33(54)55)27-15-42-41(2,17-31(51)48-42)23(6-10-34(56)57)26(47-42)13-24-20(11-35(58)59)19(4-8-32(52)53)39(45-24)37-28(49)7-3-18-21(12-36(60)61)25(46-38(18)37)14-29(40)44-27/h13,19-20,22-23,26-27,45-47H,3-12,14-17H2,1-2H3,(H2,43,50)(H,48,51)(H,52,53)(H,54,55)(H,56,57)(H,58,59)(H,60,61)/b24-13-,39-37?. The number of aromatic nitrogens is 1. The lowest BCUT2D eigenvalue weighted by Crippen LogP contribution is -2.60. The van der Waals surface area contributed by atoms with E-state index in [1.165, 1.54) is 0 Å². The number of carbonyl (C=O) groups excluding carboxylic acids is 3. The van der Waals surface area contributed by atoms with E-state index < -0.39 is 101 Å². The van der Waals surface area contributed by atoms with Gasteiger partial charge in [0, 0.05) is 103 Å². The largest absolute Gasteiger partial charge is 0.481 e. The molecule has 0 radical (unpaired) electrons. The van der Waals surface area contributed by atoms with Crippen LogP contribution in [0.4, 0.5) is 0 Å². The van der Waals surface area contributed by atoms with Crippen molar-refractivity contribution in [1.82, 2.24) is 20.9 Å². The third-order valence-corrected chi connectivity index (χ3v) is 14.5. The number of hydrogen-bond donors (Lipinski definition) is 10. The molecule has 0 aromatic carbocycles. The summed E-state index contributed by atoms with van der Waals surface area (Å²) in [4.78, 5) is 111. The zero-order valence-electron chi connectivity index (χ0n) is 34.0. The number of carboxylic acid groups (broad SMARTS) is 5. The molecule has 3 saturated heterocycles. The van der Waals surface area contributed by atoms with E-state index in [2.05, 4.69) is 20.9 Å². The maximum atomic E-state index is 14.2. The highest BCUT2D eigenvalue weighted by molar-refractivity contribution is 6.23. The van der Waals surface area contributed by atoms with Gasteiger partial charge in [0.1, 0.15) is 0 Å². The molecular formula is C42H52N6O13. The highest BCUT2D eigenvalue weighted by atomic mass is 16.4. The highest BCUT2D eigenvalue weighted by Crippen LogP contribution is 2.58. The SMILES string of the molecule is CC1(CC(N)=O)C2=NC(CC34NC(=O)CC3(C)C(CCC(=O)O)C(/C=C3\NC(=C5C(=O)CCc6c5[nH]c(c6CC(=O)O)C2)C(CCC(=O)O)C3CC(=O)O)N4)C1CCC(=O)O. The van der Waals surface area contributed by atoms with Crippen LogP contribution in [0.5, 0.6) is 0 Å². The second-order valence-electron chi connectivity index (χ2n) is 18.1. The number of H-pyrrole nitrogens is 1. The number of aliphatic carboxylic acids is 5. The molecule has 328 valence electrons. The molecule has 1 aromatic heterocycles. The second-order valence-corrected chi connectivity index (χ2v) is 18.1. The highest BCUT2D eigenvalue weighted by Gasteiger charge is 2.67. The molecule has 1 aromatic rings. The zero-order valence-corrected chi connectivity index (χ0v) is 34.0. The van der Waals surface area contributed by atoms with Crippen LogP contribution in [0.2, 0.25) is 0 Å². The van der Waals surface area contributed by atoms with Crippen molar-refractivity contribution in [3.05, 3.63) is 40.0 Å². The molecule has 9 atom stereocenters. The zero-order chi connectivity index (χ0) is 44.3. The Labute approximate surface area is 349 Å². The Morgan fingerprint density at radius 1 is 0.852 bits per heavy atom. The quantitative estimate of drug-likeness (QED) is 0.120. The van der Waals surface area contributed by atoms with E-state index in [0.29, 0.717) is 33.9 Å². The van der Waals surface area contributed by atoms with Crippen LogP contribution in [-0.2, 0) is 57.6 Å². The van der Waals surface area contributed by atoms with Gasteiger partial charge in [-0.3, -0.25) is 48.7 Å². The summed E-state index contributed by atoms with van der Waals surface area (Å²) in [6.45, 7) is 3.65. The van der Waals surface area contributed by atoms with Gasteiger partial charge in [0.15, 0.2) is 5.78 Å². The number of nitrogens with one attached hydrogen (secondary N) is 4. The first-order chi connectivity index (χ1) is 28.7. The van der Waals surface area contributed by atoms with E-state index in [1.807, 2.05) is 6.92 Å². The average Bonchev–Trinajstić information content (AvgIpc) is 3.83. The molecule has 1 spiro atoms. The lowest BCUT2D eigenvalue weighted by molar-refractivity contribution is -0.139. The number of aliphatic imine (C=N–C) groups is 1. The number of ketones is 1. The van der Waals surface area contributed by atoms with Crippen LogP contribution >= 0.6 is 0 Å². The molecule has 11 N–H and O–H groups in total. The molecule has 0 saturated carbocycles. The van der Waals surface area contributed by atoms with Crippen LogP contribution < -0.4 is 21.7 Å². The lowest BCUT2D eigenvalue weighted by Gasteiger charge is -2.42. The average molecular weight is 849 g/mol. The van der Waals surface area contributed by atoms with Crippen molar-refractivity contribution in [2.24, 2.45) is 45.2 Å². The first-order valence-electron chi connectivity index (χ1n) is 20.7. The van der Waals surface area contributed by atoms with E-state index in [0.717, 1.165) is 0 Å². The molecule has 3 fully saturated rings. The van der Waals surface area contributed by atoms with E-state index in [1.54, 1.807) is 13.0 Å². The summed E-state index contributed by atoms with van der Waals surface area (Å²) in [6, 6.07) is -1.47. The molecule has 6 aliphatic rings. The van der Waals surface area contributed by atoms with Crippen molar-refractivity contribution < 1.29 is 63.9 Å². The minimum Gasteiger partial charge on any atom is -0.481 e. The minimum atomic E-state index is -1.29. The number of nitrogens with zero attached hydrogens (tertiary/aromatic N) is 1. The smallest absolute Gasteiger partial charge is 0.307 e. The van der Waals surface area contributed by atoms with Gasteiger partial charge in [-0.2, -0.15) is 0 Å². The van der Waals surface area contributed by atoms with Gasteiger partial charge in [0.2, 0.25) is 11.8 Å². The number of fused-ring (bicyclic) bond motifs is 5. The topological polar surface area (TPSA) is 328 Å². The number of primary amides is 1. The third-order valence-electron chi connectivity index (χ3n) is 14.5. The van der Waals surface area contributed by atoms with E-state index >= 15 is 0 Å². The molecule has 61 heavy (non-hydrogen) atoms. The number of Topliss-reactive ketones (excluding diaryl/α,β-unsaturated/α-hetero) is 1. The van der Waals surface area contributed by atoms with E-state index in [-0.39, 0.29) is 100 Å². The molecule has 19 nitrogen and oxygen atoms in total. The molecule has 7 rings (SSSR count). The molecule has 19 heteroatoms. The van der Waals surface area contributed by atoms with Crippen molar-refractivity contribution in [2.75, 3.05) is 0 Å². The Bertz CT molecular complexity index is 2230. The number of hydrogen-bond acceptors (Lipinski definition) is 11. The monoisotopic (exact) mass is 848 g/mol. The summed E-state index contributed by atoms with van der Waals surface area (Å²) in [5.41, 5.74) is 5.30. The Morgan fingerprint density at radius 2 is 1.51 bits per heavy atom. The minimum absolute atomic E-state index is 0.0328. The van der Waals surface area contributed by atoms with Crippen LogP contribution in [0.1, 0.15) is 107 Å². The van der Waals surface area contributed by atoms with Crippen molar-refractivity contribution in [1.29, 1.82) is 0 Å². The summed E-state index contributed by atoms with van der Waals surface area (Å²) in [5, 5.41) is 60.2. The number of aromatic amines is 1. The van der Waals surface area contributed by atoms with Crippen molar-refractivity contribution in [3.63, 3.8) is 0 Å². The van der Waals surface area contributed by atoms with E-state index in [4.69, 9.17) is 10.7 Å². The van der Waals surface area contributed by atoms with Gasteiger partial charge in [-0.1, -0.05) is 13.8 Å². The van der Waals surface area contributed by atoms with Crippen LogP contribution in [0.15, 0.2) is 22.5 Å². The lowest BCUT2D eigenvalue weighted by atomic mass is 9.63. The van der Waals surface area contributed by atoms with Crippen molar-refractivity contribution in [3.8, 4) is 0 Å². The number of allylic oxidation sites excluding steroid dienone is 3. The number of nitrogens with two attached hydrogens (primary N) is 1. The van der Waals surface area contributed by atoms with Crippen LogP contribution in [-0.4, -0.2) is 101 Å². The normalized spacial score (nSPS) is 33.3. The Balaban J connectivity index is 1.53. The fourth-order valence-corrected chi connectivity index (χ4v) is 11.9. The molecule has 8 bridgehead atoms. The predicted molar refractivity (Wildman–Crippen MR) is 212 cm³/mol.